The van der Waals surface area contributed by atoms with Gasteiger partial charge in [-0.2, -0.15) is 0 Å². The summed E-state index contributed by atoms with van der Waals surface area (Å²) in [4.78, 5) is 57.2. The van der Waals surface area contributed by atoms with Crippen molar-refractivity contribution in [1.82, 2.24) is 9.80 Å². The van der Waals surface area contributed by atoms with Crippen LogP contribution in [0.25, 0.3) is 0 Å². The fourth-order valence-electron chi connectivity index (χ4n) is 4.76. The number of aliphatic imine (C=N–C) groups is 1. The number of hydrogen-bond donors (Lipinski definition) is 0. The van der Waals surface area contributed by atoms with Crippen LogP contribution in [0.15, 0.2) is 51.6 Å². The van der Waals surface area contributed by atoms with Gasteiger partial charge in [-0.25, -0.2) is 9.79 Å². The van der Waals surface area contributed by atoms with E-state index in [1.165, 1.54) is 31.0 Å². The number of amidine groups is 1. The molecule has 196 valence electrons. The van der Waals surface area contributed by atoms with E-state index < -0.39 is 16.9 Å². The molecule has 0 aromatic heterocycles. The minimum Gasteiger partial charge on any atom is -0.466 e. The molecule has 1 aromatic rings. The molecular formula is C25H28N4O7S. The Kier molecular flexibility index (Phi) is 7.96. The van der Waals surface area contributed by atoms with E-state index in [0.717, 1.165) is 0 Å². The maximum Gasteiger partial charge on any atom is 0.338 e. The number of allylic oxidation sites excluding steroid dienone is 1. The van der Waals surface area contributed by atoms with Crippen LogP contribution in [-0.2, 0) is 23.9 Å². The summed E-state index contributed by atoms with van der Waals surface area (Å²) in [6.07, 6.45) is 1.43. The van der Waals surface area contributed by atoms with Crippen molar-refractivity contribution in [3.8, 4) is 0 Å². The van der Waals surface area contributed by atoms with Crippen LogP contribution < -0.4 is 0 Å². The number of fused-ring (bicyclic) bond motifs is 1. The lowest BCUT2D eigenvalue weighted by Gasteiger charge is -2.37. The maximum atomic E-state index is 13.3. The number of non-ortho nitro benzene ring substituents is 1. The average Bonchev–Trinajstić information content (AvgIpc) is 3.29. The molecule has 4 rings (SSSR count). The van der Waals surface area contributed by atoms with E-state index in [-0.39, 0.29) is 29.9 Å². The van der Waals surface area contributed by atoms with E-state index in [0.29, 0.717) is 60.2 Å². The van der Waals surface area contributed by atoms with Crippen molar-refractivity contribution < 1.29 is 28.8 Å². The molecule has 11 nitrogen and oxygen atoms in total. The molecule has 1 saturated heterocycles. The van der Waals surface area contributed by atoms with Crippen LogP contribution in [0.3, 0.4) is 0 Å². The van der Waals surface area contributed by atoms with Gasteiger partial charge in [0.1, 0.15) is 0 Å². The van der Waals surface area contributed by atoms with Gasteiger partial charge in [0.15, 0.2) is 5.17 Å². The van der Waals surface area contributed by atoms with Crippen LogP contribution in [0.1, 0.15) is 44.7 Å². The fourth-order valence-corrected chi connectivity index (χ4v) is 5.72. The normalized spacial score (nSPS) is 21.2. The number of carbonyl (C=O) groups excluding carboxylic acids is 3. The molecule has 0 saturated carbocycles. The second-order valence-corrected chi connectivity index (χ2v) is 9.68. The highest BCUT2D eigenvalue weighted by Crippen LogP contribution is 2.45. The first-order valence-electron chi connectivity index (χ1n) is 12.0. The third kappa shape index (κ3) is 5.38. The summed E-state index contributed by atoms with van der Waals surface area (Å²) in [6, 6.07) is 5.28. The lowest BCUT2D eigenvalue weighted by atomic mass is 9.93. The topological polar surface area (TPSA) is 132 Å². The Bertz CT molecular complexity index is 1210. The highest BCUT2D eigenvalue weighted by Gasteiger charge is 2.41. The average molecular weight is 529 g/mol. The standard InChI is InChI=1S/C25H28N4O7S/c1-4-36-23(31)17-6-5-11-27(13-17)20(30)12-19-14-37-25-26-15(2)21(24(32)35-3)22(28(19)25)16-7-9-18(10-8-16)29(33)34/h7-10,14,17,22H,4-6,11-13H2,1-3H3. The number of benzene rings is 1. The van der Waals surface area contributed by atoms with E-state index in [1.807, 2.05) is 10.3 Å². The van der Waals surface area contributed by atoms with Crippen LogP contribution in [0.5, 0.6) is 0 Å². The van der Waals surface area contributed by atoms with Gasteiger partial charge < -0.3 is 19.3 Å². The Hall–Kier alpha value is -3.67. The Morgan fingerprint density at radius 1 is 1.24 bits per heavy atom. The van der Waals surface area contributed by atoms with E-state index in [2.05, 4.69) is 4.99 Å². The molecular weight excluding hydrogens is 500 g/mol. The minimum atomic E-state index is -0.677. The number of ether oxygens (including phenoxy) is 2. The number of likely N-dealkylation sites (tertiary alicyclic amines) is 1. The van der Waals surface area contributed by atoms with Crippen molar-refractivity contribution in [3.63, 3.8) is 0 Å². The molecule has 3 aliphatic rings. The highest BCUT2D eigenvalue weighted by atomic mass is 32.2. The van der Waals surface area contributed by atoms with Crippen molar-refractivity contribution in [2.75, 3.05) is 26.8 Å². The Morgan fingerprint density at radius 2 is 1.97 bits per heavy atom. The number of nitrogens with zero attached hydrogens (tertiary/aromatic N) is 4. The molecule has 0 N–H and O–H groups in total. The lowest BCUT2D eigenvalue weighted by Crippen LogP contribution is -2.44. The molecule has 1 fully saturated rings. The maximum absolute atomic E-state index is 13.3. The van der Waals surface area contributed by atoms with Crippen LogP contribution in [0, 0.1) is 16.0 Å². The van der Waals surface area contributed by atoms with E-state index >= 15 is 0 Å². The monoisotopic (exact) mass is 528 g/mol. The van der Waals surface area contributed by atoms with Crippen LogP contribution >= 0.6 is 11.8 Å². The summed E-state index contributed by atoms with van der Waals surface area (Å²) in [5.41, 5.74) is 1.96. The number of esters is 2. The summed E-state index contributed by atoms with van der Waals surface area (Å²) in [6.45, 7) is 4.61. The first kappa shape index (κ1) is 26.4. The summed E-state index contributed by atoms with van der Waals surface area (Å²) in [5.74, 6) is -1.35. The predicted molar refractivity (Wildman–Crippen MR) is 136 cm³/mol. The molecule has 3 aliphatic heterocycles. The third-order valence-electron chi connectivity index (χ3n) is 6.55. The van der Waals surface area contributed by atoms with Crippen LogP contribution in [-0.4, -0.2) is 64.5 Å². The fraction of sp³-hybridized carbons (Fsp3) is 0.440. The van der Waals surface area contributed by atoms with E-state index in [1.54, 1.807) is 30.9 Å². The van der Waals surface area contributed by atoms with Gasteiger partial charge >= 0.3 is 11.9 Å². The van der Waals surface area contributed by atoms with Gasteiger partial charge in [0.05, 0.1) is 48.3 Å². The number of piperidine rings is 1. The smallest absolute Gasteiger partial charge is 0.338 e. The number of methoxy groups -OCH3 is 1. The quantitative estimate of drug-likeness (QED) is 0.296. The Balaban J connectivity index is 1.61. The number of nitro groups is 1. The SMILES string of the molecule is CCOC(=O)C1CCCN(C(=O)CC2=CSC3=NC(C)=C(C(=O)OC)C(c4ccc([N+](=O)[O-])cc4)N23)C1. The van der Waals surface area contributed by atoms with E-state index in [9.17, 15) is 24.5 Å². The summed E-state index contributed by atoms with van der Waals surface area (Å²) in [5, 5.41) is 13.6. The van der Waals surface area contributed by atoms with Gasteiger partial charge in [-0.05, 0) is 49.8 Å². The summed E-state index contributed by atoms with van der Waals surface area (Å²) in [7, 11) is 1.28. The lowest BCUT2D eigenvalue weighted by molar-refractivity contribution is -0.384. The zero-order valence-corrected chi connectivity index (χ0v) is 21.7. The molecule has 1 amide bonds. The van der Waals surface area contributed by atoms with Crippen molar-refractivity contribution in [1.29, 1.82) is 0 Å². The van der Waals surface area contributed by atoms with Crippen molar-refractivity contribution in [2.24, 2.45) is 10.9 Å². The van der Waals surface area contributed by atoms with Gasteiger partial charge in [0.25, 0.3) is 5.69 Å². The number of carbonyl (C=O) groups is 3. The molecule has 1 aromatic carbocycles. The van der Waals surface area contributed by atoms with Gasteiger partial charge in [0, 0.05) is 30.9 Å². The summed E-state index contributed by atoms with van der Waals surface area (Å²) < 4.78 is 10.2. The van der Waals surface area contributed by atoms with Crippen LogP contribution in [0.4, 0.5) is 5.69 Å². The highest BCUT2D eigenvalue weighted by molar-refractivity contribution is 8.16. The summed E-state index contributed by atoms with van der Waals surface area (Å²) >= 11 is 1.34. The van der Waals surface area contributed by atoms with E-state index in [4.69, 9.17) is 9.47 Å². The molecule has 0 spiro atoms. The molecule has 3 heterocycles. The predicted octanol–water partition coefficient (Wildman–Crippen LogP) is 3.53. The molecule has 0 radical (unpaired) electrons. The van der Waals surface area contributed by atoms with Gasteiger partial charge in [-0.15, -0.1) is 0 Å². The molecule has 37 heavy (non-hydrogen) atoms. The molecule has 12 heteroatoms. The number of hydrogen-bond acceptors (Lipinski definition) is 10. The second kappa shape index (κ2) is 11.2. The number of rotatable bonds is 7. The van der Waals surface area contributed by atoms with Gasteiger partial charge in [-0.3, -0.25) is 19.7 Å². The van der Waals surface area contributed by atoms with Crippen molar-refractivity contribution in [2.45, 2.75) is 39.2 Å². The molecule has 2 unspecified atom stereocenters. The first-order chi connectivity index (χ1) is 17.7. The zero-order valence-electron chi connectivity index (χ0n) is 20.8. The van der Waals surface area contributed by atoms with Crippen LogP contribution in [0.2, 0.25) is 0 Å². The third-order valence-corrected chi connectivity index (χ3v) is 7.44. The van der Waals surface area contributed by atoms with Gasteiger partial charge in [0.2, 0.25) is 5.91 Å². The largest absolute Gasteiger partial charge is 0.466 e. The molecule has 2 atom stereocenters. The second-order valence-electron chi connectivity index (χ2n) is 8.84. The first-order valence-corrected chi connectivity index (χ1v) is 12.8. The van der Waals surface area contributed by atoms with Crippen molar-refractivity contribution >= 4 is 40.5 Å². The number of thioether (sulfide) groups is 1. The minimum absolute atomic E-state index is 0.0402. The van der Waals surface area contributed by atoms with Crippen molar-refractivity contribution in [3.05, 3.63) is 62.3 Å². The number of nitro benzene ring substituents is 1. The molecule has 0 bridgehead atoms. The Morgan fingerprint density at radius 3 is 2.62 bits per heavy atom. The molecule has 0 aliphatic carbocycles. The number of amides is 1. The Labute approximate surface area is 218 Å². The van der Waals surface area contributed by atoms with Gasteiger partial charge in [-0.1, -0.05) is 11.8 Å². The zero-order chi connectivity index (χ0) is 26.7.